The first-order valence-electron chi connectivity index (χ1n) is 9.63. The molecule has 0 unspecified atom stereocenters. The Bertz CT molecular complexity index is 1060. The standard InChI is InChI=1S/C23H25FN4O/c1-13(2)18-10-16(29-6)11-19(14(3)4)22(18)28-23(26-20(12-25)27-28)17-9-7-8-15(5)21(17)24/h7-11,13-14H,1-6H3. The van der Waals surface area contributed by atoms with Crippen molar-refractivity contribution < 1.29 is 9.13 Å². The molecule has 3 rings (SSSR count). The molecule has 0 bridgehead atoms. The van der Waals surface area contributed by atoms with E-state index < -0.39 is 0 Å². The topological polar surface area (TPSA) is 63.7 Å². The molecule has 0 fully saturated rings. The number of rotatable bonds is 5. The van der Waals surface area contributed by atoms with Gasteiger partial charge in [-0.25, -0.2) is 9.07 Å². The Kier molecular flexibility index (Phi) is 5.69. The van der Waals surface area contributed by atoms with Gasteiger partial charge in [-0.05, 0) is 53.6 Å². The van der Waals surface area contributed by atoms with E-state index in [1.807, 2.05) is 18.2 Å². The van der Waals surface area contributed by atoms with Crippen LogP contribution in [0.4, 0.5) is 4.39 Å². The van der Waals surface area contributed by atoms with Crippen molar-refractivity contribution in [3.63, 3.8) is 0 Å². The number of aryl methyl sites for hydroxylation is 1. The van der Waals surface area contributed by atoms with Crippen LogP contribution < -0.4 is 4.74 Å². The normalized spacial score (nSPS) is 11.2. The van der Waals surface area contributed by atoms with Gasteiger partial charge in [0.1, 0.15) is 17.6 Å². The number of halogens is 1. The van der Waals surface area contributed by atoms with Gasteiger partial charge < -0.3 is 4.74 Å². The molecular formula is C23H25FN4O. The molecule has 29 heavy (non-hydrogen) atoms. The van der Waals surface area contributed by atoms with Crippen LogP contribution in [0, 0.1) is 24.1 Å². The summed E-state index contributed by atoms with van der Waals surface area (Å²) in [5, 5.41) is 13.9. The van der Waals surface area contributed by atoms with Crippen LogP contribution in [0.1, 0.15) is 62.0 Å². The number of hydrogen-bond donors (Lipinski definition) is 0. The Morgan fingerprint density at radius 2 is 1.72 bits per heavy atom. The zero-order valence-electron chi connectivity index (χ0n) is 17.6. The summed E-state index contributed by atoms with van der Waals surface area (Å²) in [6, 6.07) is 11.1. The molecule has 0 saturated carbocycles. The van der Waals surface area contributed by atoms with E-state index in [9.17, 15) is 9.65 Å². The van der Waals surface area contributed by atoms with Gasteiger partial charge in [0.25, 0.3) is 5.82 Å². The number of benzene rings is 2. The van der Waals surface area contributed by atoms with Gasteiger partial charge in [0.15, 0.2) is 5.82 Å². The molecule has 0 amide bonds. The highest BCUT2D eigenvalue weighted by atomic mass is 19.1. The number of methoxy groups -OCH3 is 1. The second kappa shape index (κ2) is 8.04. The lowest BCUT2D eigenvalue weighted by Crippen LogP contribution is -2.11. The number of hydrogen-bond acceptors (Lipinski definition) is 4. The van der Waals surface area contributed by atoms with Crippen molar-refractivity contribution in [1.29, 1.82) is 5.26 Å². The first-order chi connectivity index (χ1) is 13.8. The summed E-state index contributed by atoms with van der Waals surface area (Å²) >= 11 is 0. The van der Waals surface area contributed by atoms with Gasteiger partial charge in [0.2, 0.25) is 0 Å². The first-order valence-corrected chi connectivity index (χ1v) is 9.63. The fourth-order valence-corrected chi connectivity index (χ4v) is 3.40. The molecule has 1 heterocycles. The molecular weight excluding hydrogens is 367 g/mol. The molecule has 0 saturated heterocycles. The van der Waals surface area contributed by atoms with Crippen LogP contribution in [0.2, 0.25) is 0 Å². The maximum Gasteiger partial charge on any atom is 0.253 e. The number of nitrogens with zero attached hydrogens (tertiary/aromatic N) is 4. The van der Waals surface area contributed by atoms with E-state index in [-0.39, 0.29) is 23.5 Å². The van der Waals surface area contributed by atoms with Crippen LogP contribution in [0.15, 0.2) is 30.3 Å². The van der Waals surface area contributed by atoms with Crippen LogP contribution in [0.5, 0.6) is 5.75 Å². The predicted octanol–water partition coefficient (Wildman–Crippen LogP) is 5.51. The van der Waals surface area contributed by atoms with Gasteiger partial charge in [-0.2, -0.15) is 10.2 Å². The van der Waals surface area contributed by atoms with E-state index in [1.54, 1.807) is 36.9 Å². The summed E-state index contributed by atoms with van der Waals surface area (Å²) in [5.74, 6) is 1.02. The zero-order valence-corrected chi connectivity index (χ0v) is 17.6. The van der Waals surface area contributed by atoms with E-state index in [0.29, 0.717) is 17.0 Å². The number of nitriles is 1. The average Bonchev–Trinajstić information content (AvgIpc) is 3.12. The molecule has 5 nitrogen and oxygen atoms in total. The molecule has 0 radical (unpaired) electrons. The van der Waals surface area contributed by atoms with E-state index >= 15 is 0 Å². The van der Waals surface area contributed by atoms with Crippen molar-refractivity contribution in [2.75, 3.05) is 7.11 Å². The van der Waals surface area contributed by atoms with Gasteiger partial charge in [-0.15, -0.1) is 5.10 Å². The molecule has 0 aliphatic heterocycles. The molecule has 0 aliphatic rings. The van der Waals surface area contributed by atoms with Gasteiger partial charge in [-0.3, -0.25) is 0 Å². The fraction of sp³-hybridized carbons (Fsp3) is 0.348. The minimum Gasteiger partial charge on any atom is -0.497 e. The summed E-state index contributed by atoms with van der Waals surface area (Å²) in [6.45, 7) is 10.0. The second-order valence-corrected chi connectivity index (χ2v) is 7.68. The molecule has 2 aromatic carbocycles. The lowest BCUT2D eigenvalue weighted by molar-refractivity contribution is 0.413. The molecule has 0 N–H and O–H groups in total. The van der Waals surface area contributed by atoms with Crippen LogP contribution in [0.25, 0.3) is 17.1 Å². The predicted molar refractivity (Wildman–Crippen MR) is 111 cm³/mol. The summed E-state index contributed by atoms with van der Waals surface area (Å²) < 4.78 is 22.1. The maximum atomic E-state index is 14.9. The van der Waals surface area contributed by atoms with Gasteiger partial charge in [-0.1, -0.05) is 39.8 Å². The Morgan fingerprint density at radius 3 is 2.24 bits per heavy atom. The number of aromatic nitrogens is 3. The summed E-state index contributed by atoms with van der Waals surface area (Å²) in [7, 11) is 1.64. The SMILES string of the molecule is COc1cc(C(C)C)c(-n2nc(C#N)nc2-c2cccc(C)c2F)c(C(C)C)c1. The minimum atomic E-state index is -0.364. The van der Waals surface area contributed by atoms with Crippen molar-refractivity contribution in [1.82, 2.24) is 14.8 Å². The molecule has 3 aromatic rings. The summed E-state index contributed by atoms with van der Waals surface area (Å²) in [6.07, 6.45) is 0. The van der Waals surface area contributed by atoms with Crippen LogP contribution in [0.3, 0.4) is 0 Å². The fourth-order valence-electron chi connectivity index (χ4n) is 3.40. The molecule has 1 aromatic heterocycles. The van der Waals surface area contributed by atoms with Gasteiger partial charge in [0, 0.05) is 0 Å². The van der Waals surface area contributed by atoms with Crippen molar-refractivity contribution >= 4 is 0 Å². The van der Waals surface area contributed by atoms with E-state index in [4.69, 9.17) is 4.74 Å². The molecule has 0 aliphatic carbocycles. The van der Waals surface area contributed by atoms with Crippen molar-refractivity contribution in [3.8, 4) is 28.9 Å². The molecule has 0 atom stereocenters. The van der Waals surface area contributed by atoms with E-state index in [0.717, 1.165) is 22.6 Å². The lowest BCUT2D eigenvalue weighted by atomic mass is 9.92. The van der Waals surface area contributed by atoms with Crippen molar-refractivity contribution in [2.24, 2.45) is 0 Å². The largest absolute Gasteiger partial charge is 0.497 e. The van der Waals surface area contributed by atoms with Gasteiger partial charge >= 0.3 is 0 Å². The van der Waals surface area contributed by atoms with Crippen LogP contribution >= 0.6 is 0 Å². The third-order valence-electron chi connectivity index (χ3n) is 4.97. The molecule has 0 spiro atoms. The third-order valence-corrected chi connectivity index (χ3v) is 4.97. The third kappa shape index (κ3) is 3.73. The highest BCUT2D eigenvalue weighted by molar-refractivity contribution is 5.64. The van der Waals surface area contributed by atoms with E-state index in [1.165, 1.54) is 0 Å². The Hall–Kier alpha value is -3.20. The highest BCUT2D eigenvalue weighted by Gasteiger charge is 2.24. The Balaban J connectivity index is 2.42. The highest BCUT2D eigenvalue weighted by Crippen LogP contribution is 2.37. The lowest BCUT2D eigenvalue weighted by Gasteiger charge is -2.22. The second-order valence-electron chi connectivity index (χ2n) is 7.68. The summed E-state index contributed by atoms with van der Waals surface area (Å²) in [5.41, 5.74) is 3.65. The van der Waals surface area contributed by atoms with Crippen molar-refractivity contribution in [2.45, 2.75) is 46.5 Å². The quantitative estimate of drug-likeness (QED) is 0.574. The maximum absolute atomic E-state index is 14.9. The van der Waals surface area contributed by atoms with Gasteiger partial charge in [0.05, 0.1) is 18.4 Å². The monoisotopic (exact) mass is 392 g/mol. The summed E-state index contributed by atoms with van der Waals surface area (Å²) in [4.78, 5) is 4.34. The Morgan fingerprint density at radius 1 is 1.10 bits per heavy atom. The average molecular weight is 392 g/mol. The zero-order chi connectivity index (χ0) is 21.3. The minimum absolute atomic E-state index is 0.00105. The number of ether oxygens (including phenoxy) is 1. The van der Waals surface area contributed by atoms with Crippen LogP contribution in [-0.2, 0) is 0 Å². The van der Waals surface area contributed by atoms with E-state index in [2.05, 4.69) is 37.8 Å². The smallest absolute Gasteiger partial charge is 0.253 e. The van der Waals surface area contributed by atoms with Crippen molar-refractivity contribution in [3.05, 3.63) is 58.7 Å². The molecule has 6 heteroatoms. The molecule has 150 valence electrons. The first kappa shape index (κ1) is 20.5. The Labute approximate surface area is 170 Å². The van der Waals surface area contributed by atoms with Crippen LogP contribution in [-0.4, -0.2) is 21.9 Å².